The molecule has 5 heteroatoms. The summed E-state index contributed by atoms with van der Waals surface area (Å²) in [5.74, 6) is 0.350. The third-order valence-corrected chi connectivity index (χ3v) is 3.67. The molecule has 1 saturated carbocycles. The molecule has 21 heavy (non-hydrogen) atoms. The average Bonchev–Trinajstić information content (AvgIpc) is 2.90. The van der Waals surface area contributed by atoms with Crippen LogP contribution in [0.4, 0.5) is 0 Å². The molecule has 0 spiro atoms. The van der Waals surface area contributed by atoms with Crippen molar-refractivity contribution < 1.29 is 14.4 Å². The summed E-state index contributed by atoms with van der Waals surface area (Å²) < 4.78 is 0. The molecule has 0 radical (unpaired) electrons. The molecule has 0 aliphatic heterocycles. The monoisotopic (exact) mass is 288 g/mol. The second-order valence-electron chi connectivity index (χ2n) is 5.34. The first-order valence-corrected chi connectivity index (χ1v) is 7.20. The van der Waals surface area contributed by atoms with E-state index in [2.05, 4.69) is 10.6 Å². The second kappa shape index (κ2) is 7.02. The molecule has 0 bridgehead atoms. The van der Waals surface area contributed by atoms with Gasteiger partial charge in [0.05, 0.1) is 0 Å². The van der Waals surface area contributed by atoms with E-state index in [0.717, 1.165) is 12.0 Å². The summed E-state index contributed by atoms with van der Waals surface area (Å²) in [5.41, 5.74) is 1.71. The number of rotatable bonds is 5. The van der Waals surface area contributed by atoms with Gasteiger partial charge in [0, 0.05) is 38.4 Å². The van der Waals surface area contributed by atoms with Crippen LogP contribution in [0, 0.1) is 0 Å². The Labute approximate surface area is 124 Å². The highest BCUT2D eigenvalue weighted by atomic mass is 16.2. The molecule has 2 N–H and O–H groups in total. The fourth-order valence-electron chi connectivity index (χ4n) is 2.52. The Balaban J connectivity index is 1.85. The number of amides is 2. The van der Waals surface area contributed by atoms with Crippen LogP contribution in [-0.4, -0.2) is 30.7 Å². The van der Waals surface area contributed by atoms with E-state index in [0.29, 0.717) is 43.2 Å². The number of benzene rings is 1. The second-order valence-corrected chi connectivity index (χ2v) is 5.34. The van der Waals surface area contributed by atoms with Gasteiger partial charge in [0.1, 0.15) is 5.78 Å². The highest BCUT2D eigenvalue weighted by Crippen LogP contribution is 2.31. The molecule has 1 aromatic carbocycles. The summed E-state index contributed by atoms with van der Waals surface area (Å²) in [6.45, 7) is 2.26. The molecule has 1 aromatic rings. The summed E-state index contributed by atoms with van der Waals surface area (Å²) in [5, 5.41) is 5.36. The molecule has 0 unspecified atom stereocenters. The fraction of sp³-hybridized carbons (Fsp3) is 0.438. The van der Waals surface area contributed by atoms with E-state index < -0.39 is 0 Å². The first-order valence-electron chi connectivity index (χ1n) is 7.20. The molecule has 0 aromatic heterocycles. The largest absolute Gasteiger partial charge is 0.355 e. The van der Waals surface area contributed by atoms with Crippen molar-refractivity contribution in [3.05, 3.63) is 35.4 Å². The number of hydrogen-bond acceptors (Lipinski definition) is 3. The number of carbonyl (C=O) groups is 3. The van der Waals surface area contributed by atoms with Crippen molar-refractivity contribution in [1.29, 1.82) is 0 Å². The van der Waals surface area contributed by atoms with Crippen LogP contribution in [0.5, 0.6) is 0 Å². The maximum Gasteiger partial charge on any atom is 0.251 e. The molecule has 0 heterocycles. The molecule has 1 aliphatic carbocycles. The highest BCUT2D eigenvalue weighted by Gasteiger charge is 2.23. The number of hydrogen-bond donors (Lipinski definition) is 2. The van der Waals surface area contributed by atoms with Gasteiger partial charge in [-0.2, -0.15) is 0 Å². The predicted octanol–water partition coefficient (Wildman–Crippen LogP) is 1.39. The summed E-state index contributed by atoms with van der Waals surface area (Å²) in [6.07, 6.45) is 2.18. The molecule has 1 atom stereocenters. The number of Topliss-reactive ketones (excluding diaryl/α,β-unsaturated/α-hetero) is 1. The summed E-state index contributed by atoms with van der Waals surface area (Å²) in [4.78, 5) is 33.9. The van der Waals surface area contributed by atoms with Gasteiger partial charge in [0.2, 0.25) is 5.91 Å². The Bertz CT molecular complexity index is 537. The van der Waals surface area contributed by atoms with Crippen LogP contribution in [0.25, 0.3) is 0 Å². The lowest BCUT2D eigenvalue weighted by molar-refractivity contribution is -0.119. The van der Waals surface area contributed by atoms with Crippen LogP contribution in [0.3, 0.4) is 0 Å². The predicted molar refractivity (Wildman–Crippen MR) is 79.1 cm³/mol. The zero-order valence-electron chi connectivity index (χ0n) is 12.1. The van der Waals surface area contributed by atoms with Crippen LogP contribution in [-0.2, 0) is 9.59 Å². The zero-order valence-corrected chi connectivity index (χ0v) is 12.1. The Morgan fingerprint density at radius 2 is 1.81 bits per heavy atom. The smallest absolute Gasteiger partial charge is 0.251 e. The molecule has 5 nitrogen and oxygen atoms in total. The van der Waals surface area contributed by atoms with Crippen LogP contribution < -0.4 is 10.6 Å². The lowest BCUT2D eigenvalue weighted by Crippen LogP contribution is -2.33. The third kappa shape index (κ3) is 4.41. The van der Waals surface area contributed by atoms with Crippen molar-refractivity contribution in [3.8, 4) is 0 Å². The van der Waals surface area contributed by atoms with Gasteiger partial charge in [0.25, 0.3) is 5.91 Å². The minimum atomic E-state index is -0.158. The van der Waals surface area contributed by atoms with Crippen molar-refractivity contribution >= 4 is 17.6 Å². The zero-order chi connectivity index (χ0) is 15.2. The van der Waals surface area contributed by atoms with Gasteiger partial charge in [-0.15, -0.1) is 0 Å². The summed E-state index contributed by atoms with van der Waals surface area (Å²) in [6, 6.07) is 7.41. The Morgan fingerprint density at radius 1 is 1.14 bits per heavy atom. The van der Waals surface area contributed by atoms with Crippen LogP contribution >= 0.6 is 0 Å². The fourth-order valence-corrected chi connectivity index (χ4v) is 2.52. The summed E-state index contributed by atoms with van der Waals surface area (Å²) in [7, 11) is 0. The molecule has 0 saturated heterocycles. The van der Waals surface area contributed by atoms with E-state index in [4.69, 9.17) is 0 Å². The van der Waals surface area contributed by atoms with Crippen molar-refractivity contribution in [2.24, 2.45) is 0 Å². The molecule has 112 valence electrons. The lowest BCUT2D eigenvalue weighted by Gasteiger charge is -2.10. The first kappa shape index (κ1) is 15.2. The van der Waals surface area contributed by atoms with Crippen LogP contribution in [0.15, 0.2) is 24.3 Å². The van der Waals surface area contributed by atoms with Gasteiger partial charge >= 0.3 is 0 Å². The van der Waals surface area contributed by atoms with Gasteiger partial charge in [-0.25, -0.2) is 0 Å². The van der Waals surface area contributed by atoms with E-state index in [-0.39, 0.29) is 11.8 Å². The van der Waals surface area contributed by atoms with Gasteiger partial charge < -0.3 is 10.6 Å². The minimum absolute atomic E-state index is 0.111. The number of nitrogens with one attached hydrogen (secondary N) is 2. The SMILES string of the molecule is CC(=O)NCCNC(=O)c1ccc([C@@H]2CCC(=O)C2)cc1. The standard InChI is InChI=1S/C16H20N2O3/c1-11(19)17-8-9-18-16(21)13-4-2-12(3-5-13)14-6-7-15(20)10-14/h2-5,14H,6-10H2,1H3,(H,17,19)(H,18,21)/t14-/m1/s1. The minimum Gasteiger partial charge on any atom is -0.355 e. The first-order chi connectivity index (χ1) is 10.1. The van der Waals surface area contributed by atoms with Gasteiger partial charge in [0.15, 0.2) is 0 Å². The van der Waals surface area contributed by atoms with E-state index >= 15 is 0 Å². The lowest BCUT2D eigenvalue weighted by atomic mass is 9.96. The van der Waals surface area contributed by atoms with Crippen molar-refractivity contribution in [2.45, 2.75) is 32.1 Å². The maximum atomic E-state index is 11.9. The van der Waals surface area contributed by atoms with Crippen molar-refractivity contribution in [2.75, 3.05) is 13.1 Å². The number of carbonyl (C=O) groups excluding carboxylic acids is 3. The van der Waals surface area contributed by atoms with Crippen LogP contribution in [0.2, 0.25) is 0 Å². The highest BCUT2D eigenvalue weighted by molar-refractivity contribution is 5.94. The quantitative estimate of drug-likeness (QED) is 0.804. The molecule has 2 rings (SSSR count). The van der Waals surface area contributed by atoms with E-state index in [9.17, 15) is 14.4 Å². The molecular weight excluding hydrogens is 268 g/mol. The number of ketones is 1. The Hall–Kier alpha value is -2.17. The molecule has 1 fully saturated rings. The molecule has 1 aliphatic rings. The maximum absolute atomic E-state index is 11.9. The third-order valence-electron chi connectivity index (χ3n) is 3.67. The Kier molecular flexibility index (Phi) is 5.09. The van der Waals surface area contributed by atoms with E-state index in [1.165, 1.54) is 6.92 Å². The van der Waals surface area contributed by atoms with E-state index in [1.807, 2.05) is 12.1 Å². The van der Waals surface area contributed by atoms with Crippen molar-refractivity contribution in [1.82, 2.24) is 10.6 Å². The van der Waals surface area contributed by atoms with Crippen molar-refractivity contribution in [3.63, 3.8) is 0 Å². The van der Waals surface area contributed by atoms with Gasteiger partial charge in [-0.1, -0.05) is 12.1 Å². The molecule has 2 amide bonds. The topological polar surface area (TPSA) is 75.3 Å². The van der Waals surface area contributed by atoms with Gasteiger partial charge in [-0.05, 0) is 30.0 Å². The van der Waals surface area contributed by atoms with Crippen LogP contribution in [0.1, 0.15) is 48.0 Å². The normalized spacial score (nSPS) is 17.6. The van der Waals surface area contributed by atoms with Gasteiger partial charge in [-0.3, -0.25) is 14.4 Å². The van der Waals surface area contributed by atoms with E-state index in [1.54, 1.807) is 12.1 Å². The Morgan fingerprint density at radius 3 is 2.38 bits per heavy atom. The molecular formula is C16H20N2O3. The average molecular weight is 288 g/mol. The summed E-state index contributed by atoms with van der Waals surface area (Å²) >= 11 is 0.